The second-order valence-corrected chi connectivity index (χ2v) is 5.65. The smallest absolute Gasteiger partial charge is 0.287 e. The summed E-state index contributed by atoms with van der Waals surface area (Å²) in [6, 6.07) is 8.98. The van der Waals surface area contributed by atoms with Gasteiger partial charge in [-0.3, -0.25) is 4.79 Å². The summed E-state index contributed by atoms with van der Waals surface area (Å²) >= 11 is 0. The highest BCUT2D eigenvalue weighted by Crippen LogP contribution is 2.17. The van der Waals surface area contributed by atoms with Crippen molar-refractivity contribution >= 4 is 18.3 Å². The van der Waals surface area contributed by atoms with E-state index in [1.54, 1.807) is 12.1 Å². The van der Waals surface area contributed by atoms with Crippen LogP contribution in [0.15, 0.2) is 40.8 Å². The van der Waals surface area contributed by atoms with Crippen LogP contribution < -0.4 is 15.8 Å². The molecule has 0 bridgehead atoms. The molecule has 0 aliphatic heterocycles. The predicted octanol–water partition coefficient (Wildman–Crippen LogP) is 3.67. The van der Waals surface area contributed by atoms with Crippen molar-refractivity contribution in [2.45, 2.75) is 38.8 Å². The molecule has 0 saturated heterocycles. The topological polar surface area (TPSA) is 77.5 Å². The van der Waals surface area contributed by atoms with Crippen LogP contribution >= 0.6 is 12.4 Å². The van der Waals surface area contributed by atoms with Gasteiger partial charge in [-0.05, 0) is 49.2 Å². The maximum absolute atomic E-state index is 12.8. The van der Waals surface area contributed by atoms with Crippen molar-refractivity contribution in [2.24, 2.45) is 5.73 Å². The number of benzene rings is 1. The zero-order valence-electron chi connectivity index (χ0n) is 14.4. The van der Waals surface area contributed by atoms with E-state index in [4.69, 9.17) is 14.9 Å². The van der Waals surface area contributed by atoms with Crippen LogP contribution in [0.25, 0.3) is 0 Å². The largest absolute Gasteiger partial charge is 0.486 e. The monoisotopic (exact) mass is 370 g/mol. The van der Waals surface area contributed by atoms with E-state index < -0.39 is 5.54 Å². The van der Waals surface area contributed by atoms with Gasteiger partial charge in [0.1, 0.15) is 23.9 Å². The molecule has 0 atom stereocenters. The Morgan fingerprint density at radius 2 is 1.84 bits per heavy atom. The summed E-state index contributed by atoms with van der Waals surface area (Å²) in [4.78, 5) is 12.3. The minimum Gasteiger partial charge on any atom is -0.486 e. The molecule has 0 unspecified atom stereocenters. The number of amides is 1. The van der Waals surface area contributed by atoms with Crippen molar-refractivity contribution in [3.05, 3.63) is 53.7 Å². The summed E-state index contributed by atoms with van der Waals surface area (Å²) in [6.07, 6.45) is 1.49. The van der Waals surface area contributed by atoms with Crippen molar-refractivity contribution in [1.82, 2.24) is 5.32 Å². The van der Waals surface area contributed by atoms with Crippen LogP contribution in [0.5, 0.6) is 5.75 Å². The van der Waals surface area contributed by atoms with Gasteiger partial charge in [-0.25, -0.2) is 4.39 Å². The first-order valence-corrected chi connectivity index (χ1v) is 8.01. The lowest BCUT2D eigenvalue weighted by Gasteiger charge is -2.30. The van der Waals surface area contributed by atoms with Crippen molar-refractivity contribution in [3.8, 4) is 5.75 Å². The number of furan rings is 1. The fourth-order valence-electron chi connectivity index (χ4n) is 2.33. The quantitative estimate of drug-likeness (QED) is 0.743. The van der Waals surface area contributed by atoms with E-state index in [9.17, 15) is 9.18 Å². The molecule has 1 aromatic heterocycles. The molecule has 1 amide bonds. The van der Waals surface area contributed by atoms with E-state index in [-0.39, 0.29) is 36.5 Å². The van der Waals surface area contributed by atoms with Gasteiger partial charge >= 0.3 is 0 Å². The minimum absolute atomic E-state index is 0. The Kier molecular flexibility index (Phi) is 7.93. The number of rotatable bonds is 8. The van der Waals surface area contributed by atoms with E-state index in [1.807, 2.05) is 13.8 Å². The molecule has 3 N–H and O–H groups in total. The highest BCUT2D eigenvalue weighted by Gasteiger charge is 2.27. The summed E-state index contributed by atoms with van der Waals surface area (Å²) in [5.41, 5.74) is 5.37. The SMILES string of the molecule is CCC(CC)(CN)NC(=O)c1ccc(COc2ccc(F)cc2)o1.Cl. The molecule has 7 heteroatoms. The number of nitrogens with two attached hydrogens (primary N) is 1. The Labute approximate surface area is 153 Å². The van der Waals surface area contributed by atoms with Crippen LogP contribution in [0.3, 0.4) is 0 Å². The van der Waals surface area contributed by atoms with E-state index >= 15 is 0 Å². The number of halogens is 2. The lowest BCUT2D eigenvalue weighted by atomic mass is 9.93. The third-order valence-corrected chi connectivity index (χ3v) is 4.20. The first-order chi connectivity index (χ1) is 11.5. The first-order valence-electron chi connectivity index (χ1n) is 8.01. The van der Waals surface area contributed by atoms with Gasteiger partial charge in [0.15, 0.2) is 5.76 Å². The van der Waals surface area contributed by atoms with E-state index in [1.165, 1.54) is 24.3 Å². The van der Waals surface area contributed by atoms with Crippen LogP contribution in [0.1, 0.15) is 43.0 Å². The second kappa shape index (κ2) is 9.44. The van der Waals surface area contributed by atoms with Gasteiger partial charge in [-0.1, -0.05) is 13.8 Å². The van der Waals surface area contributed by atoms with E-state index in [2.05, 4.69) is 5.32 Å². The minimum atomic E-state index is -0.422. The lowest BCUT2D eigenvalue weighted by Crippen LogP contribution is -2.52. The van der Waals surface area contributed by atoms with Gasteiger partial charge < -0.3 is 20.2 Å². The molecular weight excluding hydrogens is 347 g/mol. The van der Waals surface area contributed by atoms with Gasteiger partial charge in [-0.15, -0.1) is 12.4 Å². The standard InChI is InChI=1S/C18H23FN2O3.ClH/c1-3-18(4-2,12-20)21-17(22)16-10-9-15(24-16)11-23-14-7-5-13(19)6-8-14;/h5-10H,3-4,11-12,20H2,1-2H3,(H,21,22);1H. The summed E-state index contributed by atoms with van der Waals surface area (Å²) in [5.74, 6) is 0.632. The van der Waals surface area contributed by atoms with Gasteiger partial charge in [0.05, 0.1) is 5.54 Å². The second-order valence-electron chi connectivity index (χ2n) is 5.65. The molecule has 0 radical (unpaired) electrons. The normalized spacial score (nSPS) is 10.9. The zero-order valence-corrected chi connectivity index (χ0v) is 15.2. The van der Waals surface area contributed by atoms with Crippen LogP contribution in [0.2, 0.25) is 0 Å². The van der Waals surface area contributed by atoms with Crippen molar-refractivity contribution in [1.29, 1.82) is 0 Å². The number of carbonyl (C=O) groups is 1. The van der Waals surface area contributed by atoms with Crippen molar-refractivity contribution < 1.29 is 18.3 Å². The molecular formula is C18H24ClFN2O3. The molecule has 0 fully saturated rings. The molecule has 5 nitrogen and oxygen atoms in total. The fourth-order valence-corrected chi connectivity index (χ4v) is 2.33. The molecule has 1 aromatic carbocycles. The summed E-state index contributed by atoms with van der Waals surface area (Å²) in [5, 5.41) is 2.95. The number of nitrogens with one attached hydrogen (secondary N) is 1. The Hall–Kier alpha value is -2.05. The Bertz CT molecular complexity index is 661. The molecule has 0 spiro atoms. The summed E-state index contributed by atoms with van der Waals surface area (Å²) in [7, 11) is 0. The van der Waals surface area contributed by atoms with Crippen LogP contribution in [-0.4, -0.2) is 18.0 Å². The van der Waals surface area contributed by atoms with Crippen LogP contribution in [0.4, 0.5) is 4.39 Å². The van der Waals surface area contributed by atoms with Crippen molar-refractivity contribution in [3.63, 3.8) is 0 Å². The molecule has 0 aliphatic carbocycles. The first kappa shape index (κ1) is 21.0. The highest BCUT2D eigenvalue weighted by atomic mass is 35.5. The van der Waals surface area contributed by atoms with Crippen LogP contribution in [0, 0.1) is 5.82 Å². The third kappa shape index (κ3) is 5.47. The van der Waals surface area contributed by atoms with Gasteiger partial charge in [0, 0.05) is 6.54 Å². The molecule has 2 rings (SSSR count). The number of ether oxygens (including phenoxy) is 1. The lowest BCUT2D eigenvalue weighted by molar-refractivity contribution is 0.0862. The average molecular weight is 371 g/mol. The highest BCUT2D eigenvalue weighted by molar-refractivity contribution is 5.92. The van der Waals surface area contributed by atoms with Crippen LogP contribution in [-0.2, 0) is 6.61 Å². The predicted molar refractivity (Wildman–Crippen MR) is 96.5 cm³/mol. The van der Waals surface area contributed by atoms with Gasteiger partial charge in [-0.2, -0.15) is 0 Å². The average Bonchev–Trinajstić information content (AvgIpc) is 3.08. The van der Waals surface area contributed by atoms with Gasteiger partial charge in [0.25, 0.3) is 5.91 Å². The number of hydrogen-bond donors (Lipinski definition) is 2. The van der Waals surface area contributed by atoms with Gasteiger partial charge in [0.2, 0.25) is 0 Å². The maximum Gasteiger partial charge on any atom is 0.287 e. The molecule has 2 aromatic rings. The Morgan fingerprint density at radius 3 is 2.40 bits per heavy atom. The fraction of sp³-hybridized carbons (Fsp3) is 0.389. The van der Waals surface area contributed by atoms with Crippen molar-refractivity contribution in [2.75, 3.05) is 6.54 Å². The molecule has 0 aliphatic rings. The Balaban J connectivity index is 0.00000312. The molecule has 1 heterocycles. The third-order valence-electron chi connectivity index (χ3n) is 4.20. The number of carbonyl (C=O) groups excluding carboxylic acids is 1. The zero-order chi connectivity index (χ0) is 17.6. The van der Waals surface area contributed by atoms with E-state index in [0.29, 0.717) is 18.1 Å². The maximum atomic E-state index is 12.8. The molecule has 25 heavy (non-hydrogen) atoms. The Morgan fingerprint density at radius 1 is 1.20 bits per heavy atom. The summed E-state index contributed by atoms with van der Waals surface area (Å²) < 4.78 is 23.8. The number of hydrogen-bond acceptors (Lipinski definition) is 4. The summed E-state index contributed by atoms with van der Waals surface area (Å²) in [6.45, 7) is 4.50. The van der Waals surface area contributed by atoms with E-state index in [0.717, 1.165) is 12.8 Å². The molecule has 138 valence electrons. The molecule has 0 saturated carbocycles.